The van der Waals surface area contributed by atoms with Crippen LogP contribution >= 0.6 is 11.3 Å². The SMILES string of the molecule is CN1C(=O)CC[C@H](C(=O)Nc2nccs2)[C@@H]1c1ccccc1F. The fourth-order valence-electron chi connectivity index (χ4n) is 2.94. The zero-order chi connectivity index (χ0) is 16.4. The second kappa shape index (κ2) is 6.45. The molecule has 2 heterocycles. The van der Waals surface area contributed by atoms with Gasteiger partial charge >= 0.3 is 0 Å². The molecule has 0 spiro atoms. The number of carbonyl (C=O) groups excluding carboxylic acids is 2. The van der Waals surface area contributed by atoms with Gasteiger partial charge in [-0.3, -0.25) is 9.59 Å². The Morgan fingerprint density at radius 1 is 1.43 bits per heavy atom. The maximum absolute atomic E-state index is 14.2. The predicted molar refractivity (Wildman–Crippen MR) is 85.4 cm³/mol. The lowest BCUT2D eigenvalue weighted by Crippen LogP contribution is -2.44. The van der Waals surface area contributed by atoms with Gasteiger partial charge in [0.15, 0.2) is 5.13 Å². The van der Waals surface area contributed by atoms with Gasteiger partial charge in [-0.05, 0) is 12.5 Å². The number of hydrogen-bond donors (Lipinski definition) is 1. The average Bonchev–Trinajstić information content (AvgIpc) is 3.03. The van der Waals surface area contributed by atoms with E-state index in [0.717, 1.165) is 0 Å². The van der Waals surface area contributed by atoms with Gasteiger partial charge in [-0.15, -0.1) is 11.3 Å². The number of nitrogens with one attached hydrogen (secondary N) is 1. The van der Waals surface area contributed by atoms with Gasteiger partial charge in [0.05, 0.1) is 12.0 Å². The molecule has 2 atom stereocenters. The highest BCUT2D eigenvalue weighted by Gasteiger charge is 2.40. The summed E-state index contributed by atoms with van der Waals surface area (Å²) in [6, 6.07) is 5.66. The van der Waals surface area contributed by atoms with E-state index in [0.29, 0.717) is 17.1 Å². The second-order valence-corrected chi connectivity index (χ2v) is 6.34. The number of hydrogen-bond acceptors (Lipinski definition) is 4. The average molecular weight is 333 g/mol. The van der Waals surface area contributed by atoms with Crippen molar-refractivity contribution in [3.05, 3.63) is 47.2 Å². The Morgan fingerprint density at radius 2 is 2.22 bits per heavy atom. The molecule has 2 amide bonds. The molecule has 1 aliphatic heterocycles. The summed E-state index contributed by atoms with van der Waals surface area (Å²) >= 11 is 1.32. The van der Waals surface area contributed by atoms with Crippen molar-refractivity contribution in [2.24, 2.45) is 5.92 Å². The van der Waals surface area contributed by atoms with E-state index in [1.54, 1.807) is 36.8 Å². The zero-order valence-electron chi connectivity index (χ0n) is 12.5. The summed E-state index contributed by atoms with van der Waals surface area (Å²) in [5.41, 5.74) is 0.363. The van der Waals surface area contributed by atoms with Crippen molar-refractivity contribution < 1.29 is 14.0 Å². The van der Waals surface area contributed by atoms with Gasteiger partial charge in [-0.2, -0.15) is 0 Å². The van der Waals surface area contributed by atoms with E-state index >= 15 is 0 Å². The first kappa shape index (κ1) is 15.6. The largest absolute Gasteiger partial charge is 0.338 e. The number of carbonyl (C=O) groups is 2. The molecule has 1 aromatic carbocycles. The first-order valence-electron chi connectivity index (χ1n) is 7.28. The predicted octanol–water partition coefficient (Wildman–Crippen LogP) is 2.83. The van der Waals surface area contributed by atoms with Crippen molar-refractivity contribution in [2.45, 2.75) is 18.9 Å². The molecule has 1 N–H and O–H groups in total. The molecule has 0 bridgehead atoms. The van der Waals surface area contributed by atoms with E-state index < -0.39 is 17.8 Å². The number of likely N-dealkylation sites (tertiary alicyclic amines) is 1. The Morgan fingerprint density at radius 3 is 2.91 bits per heavy atom. The molecule has 7 heteroatoms. The van der Waals surface area contributed by atoms with Crippen LogP contribution in [0.25, 0.3) is 0 Å². The molecule has 120 valence electrons. The number of nitrogens with zero attached hydrogens (tertiary/aromatic N) is 2. The summed E-state index contributed by atoms with van der Waals surface area (Å²) in [6.07, 6.45) is 2.27. The number of benzene rings is 1. The smallest absolute Gasteiger partial charge is 0.231 e. The van der Waals surface area contributed by atoms with Crippen LogP contribution in [0, 0.1) is 11.7 Å². The monoisotopic (exact) mass is 333 g/mol. The van der Waals surface area contributed by atoms with Gasteiger partial charge in [-0.25, -0.2) is 9.37 Å². The van der Waals surface area contributed by atoms with E-state index in [9.17, 15) is 14.0 Å². The number of anilines is 1. The van der Waals surface area contributed by atoms with Crippen molar-refractivity contribution >= 4 is 28.3 Å². The van der Waals surface area contributed by atoms with Gasteiger partial charge in [0.25, 0.3) is 0 Å². The van der Waals surface area contributed by atoms with Crippen molar-refractivity contribution in [1.29, 1.82) is 0 Å². The molecule has 1 saturated heterocycles. The van der Waals surface area contributed by atoms with Crippen LogP contribution < -0.4 is 5.32 Å². The van der Waals surface area contributed by atoms with Crippen LogP contribution in [0.5, 0.6) is 0 Å². The first-order valence-corrected chi connectivity index (χ1v) is 8.16. The van der Waals surface area contributed by atoms with Gasteiger partial charge in [-0.1, -0.05) is 18.2 Å². The second-order valence-electron chi connectivity index (χ2n) is 5.44. The fraction of sp³-hybridized carbons (Fsp3) is 0.312. The molecule has 1 aromatic heterocycles. The van der Waals surface area contributed by atoms with Gasteiger partial charge in [0, 0.05) is 30.6 Å². The third-order valence-electron chi connectivity index (χ3n) is 4.08. The molecular formula is C16H16FN3O2S. The molecule has 0 unspecified atom stereocenters. The Hall–Kier alpha value is -2.28. The number of aromatic nitrogens is 1. The number of piperidine rings is 1. The van der Waals surface area contributed by atoms with Crippen molar-refractivity contribution in [2.75, 3.05) is 12.4 Å². The van der Waals surface area contributed by atoms with Gasteiger partial charge < -0.3 is 10.2 Å². The minimum Gasteiger partial charge on any atom is -0.338 e. The minimum absolute atomic E-state index is 0.0865. The number of halogens is 1. The Bertz CT molecular complexity index is 720. The molecule has 0 saturated carbocycles. The third kappa shape index (κ3) is 3.10. The molecule has 0 radical (unpaired) electrons. The van der Waals surface area contributed by atoms with Crippen LogP contribution in [0.2, 0.25) is 0 Å². The topological polar surface area (TPSA) is 62.3 Å². The Kier molecular flexibility index (Phi) is 4.38. The maximum atomic E-state index is 14.2. The molecule has 23 heavy (non-hydrogen) atoms. The van der Waals surface area contributed by atoms with Crippen LogP contribution in [0.15, 0.2) is 35.8 Å². The molecule has 2 aromatic rings. The van der Waals surface area contributed by atoms with Gasteiger partial charge in [0.2, 0.25) is 11.8 Å². The third-order valence-corrected chi connectivity index (χ3v) is 4.77. The van der Waals surface area contributed by atoms with Crippen LogP contribution in [-0.4, -0.2) is 28.7 Å². The highest BCUT2D eigenvalue weighted by Crippen LogP contribution is 2.37. The van der Waals surface area contributed by atoms with Crippen LogP contribution in [-0.2, 0) is 9.59 Å². The quantitative estimate of drug-likeness (QED) is 0.939. The Balaban J connectivity index is 1.91. The highest BCUT2D eigenvalue weighted by molar-refractivity contribution is 7.13. The summed E-state index contributed by atoms with van der Waals surface area (Å²) < 4.78 is 14.2. The summed E-state index contributed by atoms with van der Waals surface area (Å²) in [5.74, 6) is -1.26. The van der Waals surface area contributed by atoms with Crippen molar-refractivity contribution in [3.8, 4) is 0 Å². The highest BCUT2D eigenvalue weighted by atomic mass is 32.1. The first-order chi connectivity index (χ1) is 11.1. The summed E-state index contributed by atoms with van der Waals surface area (Å²) in [5, 5.41) is 5.02. The molecular weight excluding hydrogens is 317 g/mol. The minimum atomic E-state index is -0.614. The van der Waals surface area contributed by atoms with Crippen LogP contribution in [0.1, 0.15) is 24.4 Å². The molecule has 1 fully saturated rings. The van der Waals surface area contributed by atoms with E-state index in [1.165, 1.54) is 22.3 Å². The number of rotatable bonds is 3. The van der Waals surface area contributed by atoms with Crippen LogP contribution in [0.3, 0.4) is 0 Å². The van der Waals surface area contributed by atoms with Gasteiger partial charge in [0.1, 0.15) is 5.82 Å². The summed E-state index contributed by atoms with van der Waals surface area (Å²) in [4.78, 5) is 30.1. The molecule has 0 aliphatic carbocycles. The lowest BCUT2D eigenvalue weighted by molar-refractivity contribution is -0.140. The van der Waals surface area contributed by atoms with Crippen LogP contribution in [0.4, 0.5) is 9.52 Å². The number of amides is 2. The lowest BCUT2D eigenvalue weighted by Gasteiger charge is -2.38. The van der Waals surface area contributed by atoms with E-state index in [-0.39, 0.29) is 18.2 Å². The van der Waals surface area contributed by atoms with Crippen molar-refractivity contribution in [1.82, 2.24) is 9.88 Å². The fourth-order valence-corrected chi connectivity index (χ4v) is 3.47. The molecule has 5 nitrogen and oxygen atoms in total. The molecule has 3 rings (SSSR count). The van der Waals surface area contributed by atoms with Crippen molar-refractivity contribution in [3.63, 3.8) is 0 Å². The summed E-state index contributed by atoms with van der Waals surface area (Å²) in [6.45, 7) is 0. The normalized spacial score (nSPS) is 21.3. The lowest BCUT2D eigenvalue weighted by atomic mass is 9.84. The number of thiazole rings is 1. The molecule has 1 aliphatic rings. The standard InChI is InChI=1S/C16H16FN3O2S/c1-20-13(21)7-6-11(15(22)19-16-18-8-9-23-16)14(20)10-4-2-3-5-12(10)17/h2-5,8-9,11,14H,6-7H2,1H3,(H,18,19,22)/t11-,14-/m0/s1. The maximum Gasteiger partial charge on any atom is 0.231 e. The van der Waals surface area contributed by atoms with E-state index in [1.807, 2.05) is 0 Å². The Labute approximate surface area is 137 Å². The summed E-state index contributed by atoms with van der Waals surface area (Å²) in [7, 11) is 1.61. The van der Waals surface area contributed by atoms with E-state index in [4.69, 9.17) is 0 Å². The zero-order valence-corrected chi connectivity index (χ0v) is 13.3. The van der Waals surface area contributed by atoms with E-state index in [2.05, 4.69) is 10.3 Å².